The van der Waals surface area contributed by atoms with Crippen molar-refractivity contribution in [1.82, 2.24) is 10.3 Å². The molecule has 2 aromatic rings. The fourth-order valence-corrected chi connectivity index (χ4v) is 3.45. The Balaban J connectivity index is 1.79. The third-order valence-corrected chi connectivity index (χ3v) is 4.70. The van der Waals surface area contributed by atoms with E-state index in [0.717, 1.165) is 37.6 Å². The Morgan fingerprint density at radius 2 is 2.08 bits per heavy atom. The molecular weight excluding hydrogens is 328 g/mol. The molecule has 1 saturated carbocycles. The summed E-state index contributed by atoms with van der Waals surface area (Å²) in [6, 6.07) is 4.92. The first-order chi connectivity index (χ1) is 11.6. The number of rotatable bonds is 3. The summed E-state index contributed by atoms with van der Waals surface area (Å²) in [5, 5.41) is 2.99. The Hall–Kier alpha value is -2.15. The first-order valence-electron chi connectivity index (χ1n) is 8.10. The van der Waals surface area contributed by atoms with Crippen LogP contribution in [0, 0.1) is 10.8 Å². The van der Waals surface area contributed by atoms with Crippen LogP contribution < -0.4 is 5.32 Å². The molecule has 0 aliphatic heterocycles. The molecule has 1 fully saturated rings. The Morgan fingerprint density at radius 3 is 2.88 bits per heavy atom. The number of hydrogen-bond donors (Lipinski definition) is 2. The van der Waals surface area contributed by atoms with E-state index in [0.29, 0.717) is 11.1 Å². The van der Waals surface area contributed by atoms with Crippen molar-refractivity contribution in [2.75, 3.05) is 7.11 Å². The van der Waals surface area contributed by atoms with Gasteiger partial charge in [0, 0.05) is 11.6 Å². The number of carbonyl (C=O) groups excluding carboxylic acids is 2. The molecule has 6 nitrogen and oxygen atoms in total. The fraction of sp³-hybridized carbons (Fsp3) is 0.471. The second kappa shape index (κ2) is 7.17. The van der Waals surface area contributed by atoms with Crippen LogP contribution >= 0.6 is 12.2 Å². The number of aromatic amines is 1. The molecule has 1 aromatic heterocycles. The first-order valence-corrected chi connectivity index (χ1v) is 8.51. The molecule has 1 aromatic carbocycles. The lowest BCUT2D eigenvalue weighted by Crippen LogP contribution is -2.43. The second-order valence-electron chi connectivity index (χ2n) is 6.07. The number of carbonyl (C=O) groups is 2. The van der Waals surface area contributed by atoms with Crippen molar-refractivity contribution >= 4 is 35.2 Å². The number of benzene rings is 1. The van der Waals surface area contributed by atoms with Crippen molar-refractivity contribution in [3.8, 4) is 0 Å². The zero-order valence-electron chi connectivity index (χ0n) is 13.5. The van der Waals surface area contributed by atoms with Crippen LogP contribution in [0.1, 0.15) is 42.5 Å². The zero-order chi connectivity index (χ0) is 17.1. The predicted octanol–water partition coefficient (Wildman–Crippen LogP) is 3.34. The molecule has 2 atom stereocenters. The standard InChI is InChI=1S/C17H20N2O4S/c1-22-16(21)11-5-3-2-4-6-12(11)18-15(20)10-7-8-13-14(9-10)23-17(24)19-13/h7-9,11-12H,2-6H2,1H3,(H,18,20)(H,19,24). The monoisotopic (exact) mass is 348 g/mol. The summed E-state index contributed by atoms with van der Waals surface area (Å²) in [5.41, 5.74) is 1.77. The van der Waals surface area contributed by atoms with E-state index in [9.17, 15) is 9.59 Å². The quantitative estimate of drug-likeness (QED) is 0.505. The molecule has 0 bridgehead atoms. The average molecular weight is 348 g/mol. The Kier molecular flexibility index (Phi) is 4.99. The van der Waals surface area contributed by atoms with Gasteiger partial charge in [-0.1, -0.05) is 19.3 Å². The van der Waals surface area contributed by atoms with Crippen LogP contribution in [0.25, 0.3) is 11.1 Å². The van der Waals surface area contributed by atoms with Gasteiger partial charge in [-0.25, -0.2) is 0 Å². The van der Waals surface area contributed by atoms with Crippen LogP contribution in [-0.4, -0.2) is 30.0 Å². The number of esters is 1. The number of methoxy groups -OCH3 is 1. The highest BCUT2D eigenvalue weighted by Crippen LogP contribution is 2.25. The third-order valence-electron chi connectivity index (χ3n) is 4.52. The summed E-state index contributed by atoms with van der Waals surface area (Å²) in [6.07, 6.45) is 4.54. The normalized spacial score (nSPS) is 21.2. The molecule has 1 aliphatic rings. The lowest BCUT2D eigenvalue weighted by Gasteiger charge is -2.24. The SMILES string of the molecule is COC(=O)C1CCCCCC1NC(=O)c1ccc2[nH]c(=S)oc2c1. The minimum atomic E-state index is -0.290. The van der Waals surface area contributed by atoms with E-state index in [1.807, 2.05) is 0 Å². The van der Waals surface area contributed by atoms with Gasteiger partial charge in [0.05, 0.1) is 18.5 Å². The first kappa shape index (κ1) is 16.7. The summed E-state index contributed by atoms with van der Waals surface area (Å²) in [5.74, 6) is -0.768. The molecule has 1 heterocycles. The number of nitrogens with one attached hydrogen (secondary N) is 2. The number of amides is 1. The maximum atomic E-state index is 12.6. The Morgan fingerprint density at radius 1 is 1.29 bits per heavy atom. The van der Waals surface area contributed by atoms with Crippen LogP contribution in [-0.2, 0) is 9.53 Å². The van der Waals surface area contributed by atoms with Crippen molar-refractivity contribution in [2.45, 2.75) is 38.1 Å². The largest absolute Gasteiger partial charge is 0.469 e. The van der Waals surface area contributed by atoms with Gasteiger partial charge < -0.3 is 19.5 Å². The molecule has 0 spiro atoms. The smallest absolute Gasteiger partial charge is 0.310 e. The van der Waals surface area contributed by atoms with E-state index in [-0.39, 0.29) is 28.7 Å². The van der Waals surface area contributed by atoms with E-state index >= 15 is 0 Å². The maximum Gasteiger partial charge on any atom is 0.310 e. The zero-order valence-corrected chi connectivity index (χ0v) is 14.3. The van der Waals surface area contributed by atoms with Crippen molar-refractivity contribution in [1.29, 1.82) is 0 Å². The molecule has 24 heavy (non-hydrogen) atoms. The van der Waals surface area contributed by atoms with Gasteiger partial charge in [-0.2, -0.15) is 0 Å². The van der Waals surface area contributed by atoms with Crippen LogP contribution in [0.2, 0.25) is 0 Å². The number of ether oxygens (including phenoxy) is 1. The maximum absolute atomic E-state index is 12.6. The predicted molar refractivity (Wildman–Crippen MR) is 91.2 cm³/mol. The van der Waals surface area contributed by atoms with Gasteiger partial charge in [0.2, 0.25) is 0 Å². The third kappa shape index (κ3) is 3.51. The van der Waals surface area contributed by atoms with Crippen LogP contribution in [0.4, 0.5) is 0 Å². The summed E-state index contributed by atoms with van der Waals surface area (Å²) in [7, 11) is 1.39. The molecule has 128 valence electrons. The molecule has 0 saturated heterocycles. The van der Waals surface area contributed by atoms with Gasteiger partial charge in [0.1, 0.15) is 0 Å². The molecular formula is C17H20N2O4S. The highest BCUT2D eigenvalue weighted by molar-refractivity contribution is 7.71. The lowest BCUT2D eigenvalue weighted by atomic mass is 9.94. The summed E-state index contributed by atoms with van der Waals surface area (Å²) < 4.78 is 10.3. The summed E-state index contributed by atoms with van der Waals surface area (Å²) in [6.45, 7) is 0. The van der Waals surface area contributed by atoms with E-state index in [4.69, 9.17) is 21.4 Å². The minimum absolute atomic E-state index is 0.208. The van der Waals surface area contributed by atoms with E-state index < -0.39 is 0 Å². The van der Waals surface area contributed by atoms with E-state index in [1.165, 1.54) is 7.11 Å². The fourth-order valence-electron chi connectivity index (χ4n) is 3.25. The highest BCUT2D eigenvalue weighted by atomic mass is 32.1. The molecule has 2 N–H and O–H groups in total. The van der Waals surface area contributed by atoms with Crippen LogP contribution in [0.3, 0.4) is 0 Å². The molecule has 7 heteroatoms. The number of hydrogen-bond acceptors (Lipinski definition) is 5. The topological polar surface area (TPSA) is 84.3 Å². The van der Waals surface area contributed by atoms with Gasteiger partial charge in [-0.15, -0.1) is 0 Å². The highest BCUT2D eigenvalue weighted by Gasteiger charge is 2.31. The van der Waals surface area contributed by atoms with Crippen molar-refractivity contribution in [3.63, 3.8) is 0 Å². The lowest BCUT2D eigenvalue weighted by molar-refractivity contribution is -0.146. The van der Waals surface area contributed by atoms with Gasteiger partial charge in [0.25, 0.3) is 10.7 Å². The Labute approximate surface area is 144 Å². The Bertz CT molecular complexity index is 810. The molecule has 3 rings (SSSR count). The molecule has 1 aliphatic carbocycles. The second-order valence-corrected chi connectivity index (χ2v) is 6.44. The summed E-state index contributed by atoms with van der Waals surface area (Å²) in [4.78, 5) is 27.8. The number of oxazole rings is 1. The van der Waals surface area contributed by atoms with Gasteiger partial charge in [-0.3, -0.25) is 9.59 Å². The van der Waals surface area contributed by atoms with E-state index in [1.54, 1.807) is 18.2 Å². The van der Waals surface area contributed by atoms with E-state index in [2.05, 4.69) is 10.3 Å². The summed E-state index contributed by atoms with van der Waals surface area (Å²) >= 11 is 4.95. The van der Waals surface area contributed by atoms with Gasteiger partial charge in [-0.05, 0) is 43.3 Å². The van der Waals surface area contributed by atoms with Crippen molar-refractivity contribution < 1.29 is 18.7 Å². The average Bonchev–Trinajstić information content (AvgIpc) is 2.79. The number of fused-ring (bicyclic) bond motifs is 1. The molecule has 1 amide bonds. The van der Waals surface area contributed by atoms with Crippen molar-refractivity contribution in [2.24, 2.45) is 5.92 Å². The van der Waals surface area contributed by atoms with Crippen LogP contribution in [0.5, 0.6) is 0 Å². The minimum Gasteiger partial charge on any atom is -0.469 e. The molecule has 0 radical (unpaired) electrons. The van der Waals surface area contributed by atoms with Crippen LogP contribution in [0.15, 0.2) is 22.6 Å². The van der Waals surface area contributed by atoms with Gasteiger partial charge >= 0.3 is 5.97 Å². The van der Waals surface area contributed by atoms with Gasteiger partial charge in [0.15, 0.2) is 5.58 Å². The van der Waals surface area contributed by atoms with Crippen molar-refractivity contribution in [3.05, 3.63) is 28.6 Å². The molecule has 2 unspecified atom stereocenters. The number of aromatic nitrogens is 1. The number of H-pyrrole nitrogens is 1.